The van der Waals surface area contributed by atoms with Gasteiger partial charge in [0, 0.05) is 19.1 Å². The van der Waals surface area contributed by atoms with E-state index in [1.807, 2.05) is 0 Å². The first-order chi connectivity index (χ1) is 10.9. The van der Waals surface area contributed by atoms with E-state index >= 15 is 0 Å². The highest BCUT2D eigenvalue weighted by Crippen LogP contribution is 2.29. The summed E-state index contributed by atoms with van der Waals surface area (Å²) in [6, 6.07) is 2.51. The lowest BCUT2D eigenvalue weighted by Gasteiger charge is -2.36. The fourth-order valence-corrected chi connectivity index (χ4v) is 3.71. The first-order valence-corrected chi connectivity index (χ1v) is 8.78. The molecule has 0 saturated carbocycles. The van der Waals surface area contributed by atoms with Gasteiger partial charge < -0.3 is 19.2 Å². The fourth-order valence-electron chi connectivity index (χ4n) is 2.63. The molecule has 1 aliphatic rings. The number of methoxy groups -OCH3 is 2. The molecule has 138 valence electrons. The number of furan rings is 1. The zero-order chi connectivity index (χ0) is 16.9. The lowest BCUT2D eigenvalue weighted by Crippen LogP contribution is -2.47. The number of ether oxygens (including phenoxy) is 2. The van der Waals surface area contributed by atoms with Crippen LogP contribution in [0.25, 0.3) is 0 Å². The lowest BCUT2D eigenvalue weighted by molar-refractivity contribution is 0.0557. The number of hydrogen-bond donors (Lipinski definition) is 2. The quantitative estimate of drug-likeness (QED) is 0.671. The Morgan fingerprint density at radius 2 is 2.00 bits per heavy atom. The fraction of sp³-hybridized carbons (Fsp3) is 0.643. The van der Waals surface area contributed by atoms with Gasteiger partial charge in [-0.25, -0.2) is 17.9 Å². The molecule has 2 rings (SSSR count). The largest absolute Gasteiger partial charge is 0.463 e. The van der Waals surface area contributed by atoms with Crippen LogP contribution < -0.4 is 10.0 Å². The van der Waals surface area contributed by atoms with Gasteiger partial charge in [0.1, 0.15) is 0 Å². The molecule has 2 heterocycles. The van der Waals surface area contributed by atoms with Crippen molar-refractivity contribution in [2.75, 3.05) is 40.5 Å². The Morgan fingerprint density at radius 1 is 1.33 bits per heavy atom. The molecular weight excluding hydrogens is 360 g/mol. The maximum Gasteiger partial charge on any atom is 0.374 e. The van der Waals surface area contributed by atoms with Crippen molar-refractivity contribution in [2.45, 2.75) is 17.9 Å². The molecule has 1 aromatic rings. The van der Waals surface area contributed by atoms with Crippen molar-refractivity contribution in [1.82, 2.24) is 10.0 Å². The summed E-state index contributed by atoms with van der Waals surface area (Å²) < 4.78 is 42.0. The number of rotatable bonds is 7. The number of carbonyl (C=O) groups excluding carboxylic acids is 1. The van der Waals surface area contributed by atoms with Gasteiger partial charge >= 0.3 is 5.97 Å². The van der Waals surface area contributed by atoms with Crippen molar-refractivity contribution in [3.63, 3.8) is 0 Å². The molecule has 0 amide bonds. The number of carbonyl (C=O) groups is 1. The number of nitrogens with one attached hydrogen (secondary N) is 2. The second-order valence-electron chi connectivity index (χ2n) is 5.62. The topological polar surface area (TPSA) is 107 Å². The van der Waals surface area contributed by atoms with E-state index in [1.54, 1.807) is 7.11 Å². The Morgan fingerprint density at radius 3 is 2.58 bits per heavy atom. The minimum absolute atomic E-state index is 0. The highest BCUT2D eigenvalue weighted by atomic mass is 35.5. The van der Waals surface area contributed by atoms with E-state index in [0.717, 1.165) is 25.9 Å². The summed E-state index contributed by atoms with van der Waals surface area (Å²) >= 11 is 0. The van der Waals surface area contributed by atoms with E-state index in [4.69, 9.17) is 9.15 Å². The van der Waals surface area contributed by atoms with E-state index in [-0.39, 0.29) is 35.2 Å². The minimum Gasteiger partial charge on any atom is -0.463 e. The maximum absolute atomic E-state index is 12.3. The molecule has 0 radical (unpaired) electrons. The normalized spacial score (nSPS) is 17.1. The zero-order valence-corrected chi connectivity index (χ0v) is 15.3. The molecule has 1 saturated heterocycles. The third-order valence-corrected chi connectivity index (χ3v) is 5.26. The monoisotopic (exact) mass is 382 g/mol. The van der Waals surface area contributed by atoms with Crippen LogP contribution in [0.5, 0.6) is 0 Å². The maximum atomic E-state index is 12.3. The van der Waals surface area contributed by atoms with Gasteiger partial charge in [0.05, 0.1) is 13.7 Å². The van der Waals surface area contributed by atoms with Crippen molar-refractivity contribution < 1.29 is 27.1 Å². The molecule has 0 unspecified atom stereocenters. The average Bonchev–Trinajstić information content (AvgIpc) is 3.05. The molecule has 0 aromatic carbocycles. The van der Waals surface area contributed by atoms with Crippen LogP contribution >= 0.6 is 12.4 Å². The van der Waals surface area contributed by atoms with Crippen LogP contribution in [0.1, 0.15) is 23.4 Å². The van der Waals surface area contributed by atoms with Crippen molar-refractivity contribution in [1.29, 1.82) is 0 Å². The van der Waals surface area contributed by atoms with Crippen molar-refractivity contribution in [3.8, 4) is 0 Å². The van der Waals surface area contributed by atoms with Crippen LogP contribution in [0, 0.1) is 5.41 Å². The summed E-state index contributed by atoms with van der Waals surface area (Å²) in [5.74, 6) is -0.873. The number of sulfonamides is 1. The Labute approximate surface area is 147 Å². The van der Waals surface area contributed by atoms with Crippen molar-refractivity contribution in [2.24, 2.45) is 5.41 Å². The van der Waals surface area contributed by atoms with Gasteiger partial charge in [-0.15, -0.1) is 12.4 Å². The zero-order valence-electron chi connectivity index (χ0n) is 13.7. The van der Waals surface area contributed by atoms with E-state index in [2.05, 4.69) is 14.8 Å². The third-order valence-electron chi connectivity index (χ3n) is 3.98. The van der Waals surface area contributed by atoms with Gasteiger partial charge in [0.2, 0.25) is 10.9 Å². The Bertz CT molecular complexity index is 634. The summed E-state index contributed by atoms with van der Waals surface area (Å²) in [4.78, 5) is 11.3. The van der Waals surface area contributed by atoms with Gasteiger partial charge in [-0.05, 0) is 38.1 Å². The molecule has 1 fully saturated rings. The van der Waals surface area contributed by atoms with Crippen LogP contribution in [-0.2, 0) is 19.5 Å². The Hall–Kier alpha value is -1.13. The predicted octanol–water partition coefficient (Wildman–Crippen LogP) is 0.782. The van der Waals surface area contributed by atoms with E-state index in [9.17, 15) is 13.2 Å². The van der Waals surface area contributed by atoms with E-state index < -0.39 is 16.0 Å². The molecular formula is C14H23ClN2O6S. The van der Waals surface area contributed by atoms with Crippen LogP contribution in [0.15, 0.2) is 21.6 Å². The van der Waals surface area contributed by atoms with Crippen molar-refractivity contribution >= 4 is 28.4 Å². The first kappa shape index (κ1) is 20.9. The highest BCUT2D eigenvalue weighted by Gasteiger charge is 2.34. The van der Waals surface area contributed by atoms with E-state index in [0.29, 0.717) is 6.61 Å². The van der Waals surface area contributed by atoms with E-state index in [1.165, 1.54) is 19.2 Å². The van der Waals surface area contributed by atoms with Crippen LogP contribution in [0.4, 0.5) is 0 Å². The summed E-state index contributed by atoms with van der Waals surface area (Å²) in [7, 11) is -1.04. The Balaban J connectivity index is 0.00000288. The second-order valence-corrected chi connectivity index (χ2v) is 7.32. The van der Waals surface area contributed by atoms with Gasteiger partial charge in [0.25, 0.3) is 10.0 Å². The van der Waals surface area contributed by atoms with Gasteiger partial charge in [-0.1, -0.05) is 0 Å². The molecule has 24 heavy (non-hydrogen) atoms. The lowest BCUT2D eigenvalue weighted by atomic mass is 9.80. The molecule has 0 atom stereocenters. The molecule has 1 aromatic heterocycles. The average molecular weight is 383 g/mol. The third kappa shape index (κ3) is 4.93. The summed E-state index contributed by atoms with van der Waals surface area (Å²) in [6.45, 7) is 2.36. The molecule has 10 heteroatoms. The number of halogens is 1. The number of hydrogen-bond acceptors (Lipinski definition) is 7. The van der Waals surface area contributed by atoms with Crippen LogP contribution in [0.2, 0.25) is 0 Å². The number of piperidine rings is 1. The van der Waals surface area contributed by atoms with Crippen LogP contribution in [-0.4, -0.2) is 54.8 Å². The summed E-state index contributed by atoms with van der Waals surface area (Å²) in [6.07, 6.45) is 1.63. The van der Waals surface area contributed by atoms with Crippen molar-refractivity contribution in [3.05, 3.63) is 17.9 Å². The van der Waals surface area contributed by atoms with Gasteiger partial charge in [-0.3, -0.25) is 0 Å². The summed E-state index contributed by atoms with van der Waals surface area (Å²) in [5, 5.41) is 2.94. The smallest absolute Gasteiger partial charge is 0.374 e. The molecule has 1 aliphatic heterocycles. The summed E-state index contributed by atoms with van der Waals surface area (Å²) in [5.41, 5.74) is -0.245. The standard InChI is InChI=1S/C14H22N2O6S.ClH/c1-20-10-14(5-7-15-8-6-14)9-16-23(18,19)12-4-3-11(22-12)13(17)21-2;/h3-4,15-16H,5-10H2,1-2H3;1H. The molecule has 0 aliphatic carbocycles. The SMILES string of the molecule is COCC1(CNS(=O)(=O)c2ccc(C(=O)OC)o2)CCNCC1.Cl. The van der Waals surface area contributed by atoms with Gasteiger partial charge in [0.15, 0.2) is 0 Å². The van der Waals surface area contributed by atoms with Gasteiger partial charge in [-0.2, -0.15) is 0 Å². The molecule has 2 N–H and O–H groups in total. The number of esters is 1. The second kappa shape index (κ2) is 8.82. The first-order valence-electron chi connectivity index (χ1n) is 7.30. The molecule has 0 spiro atoms. The Kier molecular flexibility index (Phi) is 7.68. The minimum atomic E-state index is -3.84. The van der Waals surface area contributed by atoms with Crippen LogP contribution in [0.3, 0.4) is 0 Å². The molecule has 8 nitrogen and oxygen atoms in total. The highest BCUT2D eigenvalue weighted by molar-refractivity contribution is 7.89. The molecule has 0 bridgehead atoms. The predicted molar refractivity (Wildman–Crippen MR) is 88.9 cm³/mol.